The van der Waals surface area contributed by atoms with E-state index in [0.717, 1.165) is 29.5 Å². The minimum Gasteiger partial charge on any atom is -0.398 e. The molecule has 0 amide bonds. The van der Waals surface area contributed by atoms with Gasteiger partial charge in [-0.25, -0.2) is 17.8 Å². The summed E-state index contributed by atoms with van der Waals surface area (Å²) < 4.78 is 38.8. The standard InChI is InChI=1S/C9H8FN3O2S2/c10-6-1-2-8(7(11)5-6)17(14,15)13-9-12-3-4-16-9/h1-5H,11H2,(H,12,13). The number of hydrogen-bond acceptors (Lipinski definition) is 5. The lowest BCUT2D eigenvalue weighted by Gasteiger charge is -2.07. The van der Waals surface area contributed by atoms with Gasteiger partial charge < -0.3 is 5.73 Å². The van der Waals surface area contributed by atoms with Gasteiger partial charge in [-0.2, -0.15) is 0 Å². The highest BCUT2D eigenvalue weighted by molar-refractivity contribution is 7.93. The fourth-order valence-corrected chi connectivity index (χ4v) is 3.11. The van der Waals surface area contributed by atoms with Crippen LogP contribution in [-0.4, -0.2) is 13.4 Å². The Hall–Kier alpha value is -1.67. The Kier molecular flexibility index (Phi) is 2.99. The molecule has 1 heterocycles. The lowest BCUT2D eigenvalue weighted by atomic mass is 10.3. The quantitative estimate of drug-likeness (QED) is 0.833. The number of thiazole rings is 1. The summed E-state index contributed by atoms with van der Waals surface area (Å²) in [5, 5.41) is 1.86. The predicted molar refractivity (Wildman–Crippen MR) is 63.7 cm³/mol. The van der Waals surface area contributed by atoms with E-state index in [1.165, 1.54) is 6.20 Å². The Morgan fingerprint density at radius 3 is 2.76 bits per heavy atom. The maximum Gasteiger partial charge on any atom is 0.265 e. The van der Waals surface area contributed by atoms with Gasteiger partial charge in [0.2, 0.25) is 0 Å². The Morgan fingerprint density at radius 1 is 1.41 bits per heavy atom. The van der Waals surface area contributed by atoms with E-state index in [1.54, 1.807) is 5.38 Å². The van der Waals surface area contributed by atoms with Crippen LogP contribution in [0.15, 0.2) is 34.7 Å². The van der Waals surface area contributed by atoms with Crippen LogP contribution in [0.5, 0.6) is 0 Å². The summed E-state index contributed by atoms with van der Waals surface area (Å²) in [6.07, 6.45) is 1.47. The number of aromatic nitrogens is 1. The molecule has 0 unspecified atom stereocenters. The topological polar surface area (TPSA) is 85.1 Å². The van der Waals surface area contributed by atoms with E-state index in [4.69, 9.17) is 5.73 Å². The van der Waals surface area contributed by atoms with Crippen LogP contribution in [0, 0.1) is 5.82 Å². The maximum atomic E-state index is 12.8. The van der Waals surface area contributed by atoms with Crippen LogP contribution in [-0.2, 0) is 10.0 Å². The molecule has 5 nitrogen and oxygen atoms in total. The molecule has 0 aliphatic rings. The average molecular weight is 273 g/mol. The normalized spacial score (nSPS) is 11.4. The van der Waals surface area contributed by atoms with Crippen LogP contribution < -0.4 is 10.5 Å². The number of nitrogens with two attached hydrogens (primary N) is 1. The molecule has 17 heavy (non-hydrogen) atoms. The van der Waals surface area contributed by atoms with Crippen molar-refractivity contribution in [1.29, 1.82) is 0 Å². The second kappa shape index (κ2) is 4.30. The number of rotatable bonds is 3. The molecule has 90 valence electrons. The molecule has 1 aromatic carbocycles. The highest BCUT2D eigenvalue weighted by atomic mass is 32.2. The van der Waals surface area contributed by atoms with E-state index in [0.29, 0.717) is 0 Å². The van der Waals surface area contributed by atoms with Gasteiger partial charge in [0.1, 0.15) is 10.7 Å². The Bertz CT molecular complexity index is 626. The van der Waals surface area contributed by atoms with Crippen LogP contribution in [0.1, 0.15) is 0 Å². The summed E-state index contributed by atoms with van der Waals surface area (Å²) in [6, 6.07) is 3.10. The van der Waals surface area contributed by atoms with E-state index in [2.05, 4.69) is 9.71 Å². The van der Waals surface area contributed by atoms with Crippen LogP contribution in [0.4, 0.5) is 15.2 Å². The van der Waals surface area contributed by atoms with E-state index in [1.807, 2.05) is 0 Å². The molecular formula is C9H8FN3O2S2. The third-order valence-electron chi connectivity index (χ3n) is 1.92. The number of sulfonamides is 1. The Labute approximate surface area is 101 Å². The molecule has 8 heteroatoms. The van der Waals surface area contributed by atoms with Gasteiger partial charge in [-0.1, -0.05) is 0 Å². The van der Waals surface area contributed by atoms with E-state index in [9.17, 15) is 12.8 Å². The maximum absolute atomic E-state index is 12.8. The van der Waals surface area contributed by atoms with Crippen molar-refractivity contribution in [1.82, 2.24) is 4.98 Å². The third-order valence-corrected chi connectivity index (χ3v) is 4.15. The molecule has 1 aromatic heterocycles. The largest absolute Gasteiger partial charge is 0.398 e. The molecular weight excluding hydrogens is 265 g/mol. The minimum absolute atomic E-state index is 0.144. The van der Waals surface area contributed by atoms with Crippen molar-refractivity contribution in [3.63, 3.8) is 0 Å². The van der Waals surface area contributed by atoms with Crippen molar-refractivity contribution in [2.75, 3.05) is 10.5 Å². The summed E-state index contributed by atoms with van der Waals surface area (Å²) in [5.41, 5.74) is 5.32. The first-order valence-electron chi connectivity index (χ1n) is 4.46. The molecule has 3 N–H and O–H groups in total. The zero-order valence-corrected chi connectivity index (χ0v) is 10.1. The lowest BCUT2D eigenvalue weighted by Crippen LogP contribution is -2.14. The highest BCUT2D eigenvalue weighted by Gasteiger charge is 2.18. The van der Waals surface area contributed by atoms with Crippen LogP contribution >= 0.6 is 11.3 Å². The van der Waals surface area contributed by atoms with Gasteiger partial charge in [0, 0.05) is 11.6 Å². The van der Waals surface area contributed by atoms with E-state index < -0.39 is 15.8 Å². The van der Waals surface area contributed by atoms with Crippen molar-refractivity contribution in [3.05, 3.63) is 35.6 Å². The lowest BCUT2D eigenvalue weighted by molar-refractivity contribution is 0.600. The second-order valence-corrected chi connectivity index (χ2v) is 5.67. The summed E-state index contributed by atoms with van der Waals surface area (Å²) >= 11 is 1.14. The predicted octanol–water partition coefficient (Wildman–Crippen LogP) is 1.67. The number of nitrogen functional groups attached to an aromatic ring is 1. The van der Waals surface area contributed by atoms with Crippen LogP contribution in [0.25, 0.3) is 0 Å². The molecule has 0 aliphatic heterocycles. The zero-order valence-electron chi connectivity index (χ0n) is 8.42. The molecule has 0 fully saturated rings. The average Bonchev–Trinajstić information content (AvgIpc) is 2.68. The first-order chi connectivity index (χ1) is 7.99. The van der Waals surface area contributed by atoms with E-state index >= 15 is 0 Å². The van der Waals surface area contributed by atoms with Gasteiger partial charge in [-0.05, 0) is 18.2 Å². The summed E-state index contributed by atoms with van der Waals surface area (Å²) in [6.45, 7) is 0. The Morgan fingerprint density at radius 2 is 2.18 bits per heavy atom. The minimum atomic E-state index is -3.82. The molecule has 0 radical (unpaired) electrons. The zero-order chi connectivity index (χ0) is 12.5. The third kappa shape index (κ3) is 2.53. The van der Waals surface area contributed by atoms with Gasteiger partial charge in [-0.3, -0.25) is 4.72 Å². The number of halogens is 1. The molecule has 0 saturated carbocycles. The number of nitrogens with one attached hydrogen (secondary N) is 1. The van der Waals surface area contributed by atoms with Crippen molar-refractivity contribution in [3.8, 4) is 0 Å². The SMILES string of the molecule is Nc1cc(F)ccc1S(=O)(=O)Nc1nccs1. The molecule has 2 rings (SSSR count). The number of benzene rings is 1. The van der Waals surface area contributed by atoms with Gasteiger partial charge in [0.05, 0.1) is 5.69 Å². The molecule has 0 saturated heterocycles. The van der Waals surface area contributed by atoms with Gasteiger partial charge in [0.25, 0.3) is 10.0 Å². The van der Waals surface area contributed by atoms with Crippen LogP contribution in [0.2, 0.25) is 0 Å². The number of nitrogens with zero attached hydrogens (tertiary/aromatic N) is 1. The fraction of sp³-hybridized carbons (Fsp3) is 0. The van der Waals surface area contributed by atoms with Gasteiger partial charge in [-0.15, -0.1) is 11.3 Å². The number of anilines is 2. The van der Waals surface area contributed by atoms with Crippen LogP contribution in [0.3, 0.4) is 0 Å². The summed E-state index contributed by atoms with van der Waals surface area (Å²) in [7, 11) is -3.82. The van der Waals surface area contributed by atoms with Gasteiger partial charge >= 0.3 is 0 Å². The Balaban J connectivity index is 2.38. The molecule has 0 spiro atoms. The van der Waals surface area contributed by atoms with Crippen molar-refractivity contribution < 1.29 is 12.8 Å². The van der Waals surface area contributed by atoms with E-state index in [-0.39, 0.29) is 15.7 Å². The first-order valence-corrected chi connectivity index (χ1v) is 6.83. The van der Waals surface area contributed by atoms with Gasteiger partial charge in [0.15, 0.2) is 5.13 Å². The van der Waals surface area contributed by atoms with Crippen molar-refractivity contribution >= 4 is 32.2 Å². The summed E-state index contributed by atoms with van der Waals surface area (Å²) in [5.74, 6) is -0.587. The smallest absolute Gasteiger partial charge is 0.265 e. The molecule has 0 bridgehead atoms. The van der Waals surface area contributed by atoms with Crippen molar-refractivity contribution in [2.24, 2.45) is 0 Å². The second-order valence-electron chi connectivity index (χ2n) is 3.12. The molecule has 0 aliphatic carbocycles. The highest BCUT2D eigenvalue weighted by Crippen LogP contribution is 2.22. The molecule has 0 atom stereocenters. The first kappa shape index (κ1) is 11.8. The summed E-state index contributed by atoms with van der Waals surface area (Å²) in [4.78, 5) is 3.62. The van der Waals surface area contributed by atoms with Crippen molar-refractivity contribution in [2.45, 2.75) is 4.90 Å². The number of hydrogen-bond donors (Lipinski definition) is 2. The fourth-order valence-electron chi connectivity index (χ4n) is 1.21. The molecule has 2 aromatic rings. The monoisotopic (exact) mass is 273 g/mol.